The van der Waals surface area contributed by atoms with E-state index in [2.05, 4.69) is 5.32 Å². The molecule has 1 aliphatic heterocycles. The first kappa shape index (κ1) is 16.5. The molecule has 0 bridgehead atoms. The Morgan fingerprint density at radius 2 is 2.08 bits per heavy atom. The van der Waals surface area contributed by atoms with E-state index in [-0.39, 0.29) is 25.1 Å². The summed E-state index contributed by atoms with van der Waals surface area (Å²) in [4.78, 5) is 13.0. The zero-order chi connectivity index (χ0) is 17.1. The Labute approximate surface area is 143 Å². The summed E-state index contributed by atoms with van der Waals surface area (Å²) < 4.78 is 24.3. The van der Waals surface area contributed by atoms with E-state index in [0.29, 0.717) is 34.3 Å². The predicted molar refractivity (Wildman–Crippen MR) is 88.1 cm³/mol. The highest BCUT2D eigenvalue weighted by molar-refractivity contribution is 6.31. The highest BCUT2D eigenvalue weighted by Crippen LogP contribution is 2.34. The van der Waals surface area contributed by atoms with Crippen molar-refractivity contribution < 1.29 is 23.6 Å². The van der Waals surface area contributed by atoms with Crippen molar-refractivity contribution in [1.29, 1.82) is 0 Å². The predicted octanol–water partition coefficient (Wildman–Crippen LogP) is 1.86. The van der Waals surface area contributed by atoms with Crippen molar-refractivity contribution in [1.82, 2.24) is 0 Å². The minimum Gasteiger partial charge on any atom is -0.454 e. The Balaban J connectivity index is 1.58. The van der Waals surface area contributed by atoms with Crippen LogP contribution in [0.3, 0.4) is 0 Å². The molecule has 1 atom stereocenters. The van der Waals surface area contributed by atoms with Crippen LogP contribution in [0.1, 0.15) is 5.56 Å². The van der Waals surface area contributed by atoms with E-state index in [1.54, 1.807) is 30.3 Å². The van der Waals surface area contributed by atoms with Crippen LogP contribution in [-0.4, -0.2) is 26.3 Å². The Kier molecular flexibility index (Phi) is 4.87. The first-order chi connectivity index (χ1) is 11.5. The maximum absolute atomic E-state index is 13.8. The number of carbonyl (C=O) groups excluding carboxylic acids is 1. The zero-order valence-electron chi connectivity index (χ0n) is 13.1. The van der Waals surface area contributed by atoms with Crippen molar-refractivity contribution in [3.63, 3.8) is 0 Å². The second-order valence-electron chi connectivity index (χ2n) is 5.63. The van der Waals surface area contributed by atoms with Crippen molar-refractivity contribution in [2.24, 2.45) is 0 Å². The number of benzene rings is 2. The number of halogens is 2. The lowest BCUT2D eigenvalue weighted by Gasteiger charge is -2.15. The summed E-state index contributed by atoms with van der Waals surface area (Å²) in [6.07, 6.45) is 0. The molecule has 3 rings (SSSR count). The number of carbonyl (C=O) groups is 1. The topological polar surface area (TPSA) is 52.0 Å². The zero-order valence-corrected chi connectivity index (χ0v) is 13.8. The molecule has 0 radical (unpaired) electrons. The minimum atomic E-state index is -0.363. The summed E-state index contributed by atoms with van der Waals surface area (Å²) in [6, 6.07) is 9.76. The molecule has 0 saturated carbocycles. The molecule has 1 heterocycles. The van der Waals surface area contributed by atoms with Crippen LogP contribution in [-0.2, 0) is 11.3 Å². The smallest absolute Gasteiger partial charge is 0.279 e. The number of hydrogen-bond acceptors (Lipinski definition) is 3. The number of fused-ring (bicyclic) bond motifs is 1. The van der Waals surface area contributed by atoms with Gasteiger partial charge in [0.05, 0.1) is 17.6 Å². The van der Waals surface area contributed by atoms with E-state index in [1.807, 2.05) is 7.05 Å². The van der Waals surface area contributed by atoms with Gasteiger partial charge in [-0.2, -0.15) is 0 Å². The third-order valence-corrected chi connectivity index (χ3v) is 4.01. The lowest BCUT2D eigenvalue weighted by Crippen LogP contribution is -3.08. The van der Waals surface area contributed by atoms with E-state index in [4.69, 9.17) is 21.1 Å². The van der Waals surface area contributed by atoms with Crippen LogP contribution in [0, 0.1) is 5.82 Å². The van der Waals surface area contributed by atoms with Gasteiger partial charge in [-0.05, 0) is 24.3 Å². The fourth-order valence-corrected chi connectivity index (χ4v) is 2.75. The first-order valence-corrected chi connectivity index (χ1v) is 7.84. The van der Waals surface area contributed by atoms with Gasteiger partial charge in [0.15, 0.2) is 18.0 Å². The molecule has 0 aromatic heterocycles. The van der Waals surface area contributed by atoms with Gasteiger partial charge in [-0.3, -0.25) is 4.79 Å². The van der Waals surface area contributed by atoms with Gasteiger partial charge in [-0.1, -0.05) is 17.7 Å². The largest absolute Gasteiger partial charge is 0.454 e. The van der Waals surface area contributed by atoms with Gasteiger partial charge in [0.25, 0.3) is 5.91 Å². The molecule has 1 amide bonds. The molecular weight excluding hydrogens is 335 g/mol. The minimum absolute atomic E-state index is 0.180. The Bertz CT molecular complexity index is 749. The molecule has 2 N–H and O–H groups in total. The van der Waals surface area contributed by atoms with Crippen LogP contribution in [0.5, 0.6) is 11.5 Å². The fourth-order valence-electron chi connectivity index (χ4n) is 2.52. The molecule has 2 aromatic rings. The van der Waals surface area contributed by atoms with E-state index >= 15 is 0 Å². The Morgan fingerprint density at radius 1 is 1.29 bits per heavy atom. The first-order valence-electron chi connectivity index (χ1n) is 7.46. The molecule has 2 aromatic carbocycles. The Morgan fingerprint density at radius 3 is 2.88 bits per heavy atom. The van der Waals surface area contributed by atoms with Crippen LogP contribution in [0.4, 0.5) is 10.1 Å². The van der Waals surface area contributed by atoms with Gasteiger partial charge in [0.2, 0.25) is 6.79 Å². The van der Waals surface area contributed by atoms with E-state index in [1.165, 1.54) is 6.07 Å². The Hall–Kier alpha value is -2.31. The van der Waals surface area contributed by atoms with E-state index in [9.17, 15) is 9.18 Å². The highest BCUT2D eigenvalue weighted by Gasteiger charge is 2.17. The summed E-state index contributed by atoms with van der Waals surface area (Å²) in [7, 11) is 1.81. The number of likely N-dealkylation sites (N-methyl/N-ethyl adjacent to an activating group) is 1. The van der Waals surface area contributed by atoms with Gasteiger partial charge in [-0.25, -0.2) is 4.39 Å². The van der Waals surface area contributed by atoms with Crippen LogP contribution < -0.4 is 19.7 Å². The molecule has 0 saturated heterocycles. The molecule has 7 heteroatoms. The molecule has 24 heavy (non-hydrogen) atoms. The molecule has 0 spiro atoms. The second kappa shape index (κ2) is 7.07. The summed E-state index contributed by atoms with van der Waals surface area (Å²) in [5.41, 5.74) is 1.04. The molecule has 5 nitrogen and oxygen atoms in total. The fraction of sp³-hybridized carbons (Fsp3) is 0.235. The van der Waals surface area contributed by atoms with Crippen molar-refractivity contribution in [2.45, 2.75) is 6.54 Å². The average Bonchev–Trinajstić information content (AvgIpc) is 2.98. The molecular formula is C17H17ClFN2O3+. The van der Waals surface area contributed by atoms with Crippen LogP contribution in [0.25, 0.3) is 0 Å². The van der Waals surface area contributed by atoms with Gasteiger partial charge in [-0.15, -0.1) is 0 Å². The number of anilines is 1. The summed E-state index contributed by atoms with van der Waals surface area (Å²) >= 11 is 6.01. The molecule has 1 aliphatic rings. The normalized spacial score (nSPS) is 13.6. The van der Waals surface area contributed by atoms with Crippen LogP contribution >= 0.6 is 11.6 Å². The van der Waals surface area contributed by atoms with Crippen molar-refractivity contribution in [3.8, 4) is 11.5 Å². The van der Waals surface area contributed by atoms with Crippen molar-refractivity contribution >= 4 is 23.2 Å². The average molecular weight is 352 g/mol. The number of nitrogens with one attached hydrogen (secondary N) is 2. The molecule has 0 aliphatic carbocycles. The third kappa shape index (κ3) is 3.77. The molecule has 126 valence electrons. The summed E-state index contributed by atoms with van der Waals surface area (Å²) in [5.74, 6) is 0.716. The number of amides is 1. The van der Waals surface area contributed by atoms with Gasteiger partial charge in [0, 0.05) is 11.8 Å². The maximum atomic E-state index is 13.8. The van der Waals surface area contributed by atoms with Crippen molar-refractivity contribution in [3.05, 3.63) is 52.8 Å². The number of hydrogen-bond donors (Lipinski definition) is 2. The second-order valence-corrected chi connectivity index (χ2v) is 6.03. The number of quaternary nitrogens is 1. The van der Waals surface area contributed by atoms with E-state index < -0.39 is 0 Å². The monoisotopic (exact) mass is 351 g/mol. The van der Waals surface area contributed by atoms with Gasteiger partial charge in [0.1, 0.15) is 12.4 Å². The standard InChI is InChI=1S/C17H16ClFN2O3/c1-21(8-12-13(18)3-2-4-14(12)19)9-17(22)20-11-5-6-15-16(7-11)24-10-23-15/h2-7H,8-10H2,1H3,(H,20,22)/p+1. The SMILES string of the molecule is C[NH+](CC(=O)Nc1ccc2c(c1)OCO2)Cc1c(F)cccc1Cl. The van der Waals surface area contributed by atoms with Crippen molar-refractivity contribution in [2.75, 3.05) is 25.7 Å². The maximum Gasteiger partial charge on any atom is 0.279 e. The molecule has 0 fully saturated rings. The highest BCUT2D eigenvalue weighted by atomic mass is 35.5. The quantitative estimate of drug-likeness (QED) is 0.864. The van der Waals surface area contributed by atoms with Crippen LogP contribution in [0.2, 0.25) is 5.02 Å². The van der Waals surface area contributed by atoms with Gasteiger partial charge < -0.3 is 19.7 Å². The summed E-state index contributed by atoms with van der Waals surface area (Å²) in [6.45, 7) is 0.683. The van der Waals surface area contributed by atoms with Gasteiger partial charge >= 0.3 is 0 Å². The third-order valence-electron chi connectivity index (χ3n) is 3.66. The van der Waals surface area contributed by atoms with E-state index in [0.717, 1.165) is 4.90 Å². The summed E-state index contributed by atoms with van der Waals surface area (Å²) in [5, 5.41) is 3.16. The number of ether oxygens (including phenoxy) is 2. The molecule has 1 unspecified atom stereocenters. The lowest BCUT2D eigenvalue weighted by molar-refractivity contribution is -0.885. The van der Waals surface area contributed by atoms with Crippen LogP contribution in [0.15, 0.2) is 36.4 Å². The number of rotatable bonds is 5. The lowest BCUT2D eigenvalue weighted by atomic mass is 10.2.